The summed E-state index contributed by atoms with van der Waals surface area (Å²) < 4.78 is 37.1. The van der Waals surface area contributed by atoms with Crippen LogP contribution in [0.1, 0.15) is 0 Å². The molecule has 0 atom stereocenters. The fraction of sp³-hybridized carbons (Fsp3) is 0.0714. The maximum atomic E-state index is 12.4. The van der Waals surface area contributed by atoms with Gasteiger partial charge in [-0.2, -0.15) is 0 Å². The summed E-state index contributed by atoms with van der Waals surface area (Å²) in [5.74, 6) is -0.0995. The molecule has 3 rings (SSSR count). The van der Waals surface area contributed by atoms with Crippen molar-refractivity contribution in [2.24, 2.45) is 0 Å². The largest absolute Gasteiger partial charge is 0.497 e. The summed E-state index contributed by atoms with van der Waals surface area (Å²) in [5, 5.41) is 0. The number of hydrogen-bond donors (Lipinski definition) is 2. The minimum atomic E-state index is -3.80. The van der Waals surface area contributed by atoms with Gasteiger partial charge in [-0.3, -0.25) is 9.71 Å². The van der Waals surface area contributed by atoms with Crippen LogP contribution in [-0.4, -0.2) is 20.5 Å². The second kappa shape index (κ2) is 5.23. The molecule has 0 spiro atoms. The lowest BCUT2D eigenvalue weighted by Gasteiger charge is -2.09. The number of methoxy groups -OCH3 is 1. The molecule has 0 radical (unpaired) electrons. The van der Waals surface area contributed by atoms with E-state index >= 15 is 0 Å². The quantitative estimate of drug-likeness (QED) is 0.765. The molecule has 0 saturated heterocycles. The molecule has 3 aromatic rings. The summed E-state index contributed by atoms with van der Waals surface area (Å²) in [7, 11) is -2.31. The van der Waals surface area contributed by atoms with Crippen LogP contribution in [0.2, 0.25) is 0 Å². The van der Waals surface area contributed by atoms with E-state index in [-0.39, 0.29) is 10.5 Å². The zero-order chi connectivity index (χ0) is 15.7. The van der Waals surface area contributed by atoms with E-state index in [1.54, 1.807) is 24.3 Å². The molecule has 1 aromatic heterocycles. The average Bonchev–Trinajstić information content (AvgIpc) is 2.86. The molecule has 0 unspecified atom stereocenters. The highest BCUT2D eigenvalue weighted by Crippen LogP contribution is 2.22. The molecule has 0 bridgehead atoms. The third kappa shape index (κ3) is 2.68. The summed E-state index contributed by atoms with van der Waals surface area (Å²) in [5.41, 5.74) is 0.985. The van der Waals surface area contributed by atoms with Crippen LogP contribution >= 0.6 is 0 Å². The molecule has 0 fully saturated rings. The van der Waals surface area contributed by atoms with Gasteiger partial charge in [0.1, 0.15) is 5.75 Å². The second-order valence-corrected chi connectivity index (χ2v) is 6.19. The van der Waals surface area contributed by atoms with Gasteiger partial charge in [-0.1, -0.05) is 6.07 Å². The molecule has 8 heteroatoms. The first-order valence-electron chi connectivity index (χ1n) is 6.28. The van der Waals surface area contributed by atoms with Gasteiger partial charge < -0.3 is 9.15 Å². The Hall–Kier alpha value is -2.74. The number of anilines is 1. The van der Waals surface area contributed by atoms with Crippen molar-refractivity contribution in [3.63, 3.8) is 0 Å². The molecule has 7 nitrogen and oxygen atoms in total. The van der Waals surface area contributed by atoms with Crippen LogP contribution in [0.5, 0.6) is 5.75 Å². The highest BCUT2D eigenvalue weighted by Gasteiger charge is 2.16. The Morgan fingerprint density at radius 2 is 2.00 bits per heavy atom. The van der Waals surface area contributed by atoms with Crippen molar-refractivity contribution >= 4 is 26.8 Å². The molecule has 22 heavy (non-hydrogen) atoms. The number of ether oxygens (including phenoxy) is 1. The van der Waals surface area contributed by atoms with Crippen molar-refractivity contribution in [3.05, 3.63) is 53.0 Å². The Morgan fingerprint density at radius 1 is 1.18 bits per heavy atom. The molecule has 0 aliphatic rings. The zero-order valence-corrected chi connectivity index (χ0v) is 12.3. The number of H-pyrrole nitrogens is 1. The van der Waals surface area contributed by atoms with Gasteiger partial charge in [0.15, 0.2) is 5.58 Å². The first-order chi connectivity index (χ1) is 10.5. The fourth-order valence-corrected chi connectivity index (χ4v) is 3.06. The molecular formula is C14H12N2O5S. The molecule has 1 heterocycles. The number of oxazole rings is 1. The number of nitrogens with one attached hydrogen (secondary N) is 2. The standard InChI is InChI=1S/C14H12N2O5S/c1-20-10-4-2-3-9(7-10)16-22(18,19)11-5-6-12-13(8-11)21-14(17)15-12/h2-8,16H,1H3,(H,15,17). The van der Waals surface area contributed by atoms with Gasteiger partial charge in [-0.15, -0.1) is 0 Å². The fourth-order valence-electron chi connectivity index (χ4n) is 1.99. The third-order valence-electron chi connectivity index (χ3n) is 3.02. The first-order valence-corrected chi connectivity index (χ1v) is 7.76. The van der Waals surface area contributed by atoms with E-state index in [9.17, 15) is 13.2 Å². The maximum Gasteiger partial charge on any atom is 0.417 e. The minimum Gasteiger partial charge on any atom is -0.497 e. The van der Waals surface area contributed by atoms with Gasteiger partial charge in [0.2, 0.25) is 0 Å². The molecule has 0 saturated carbocycles. The van der Waals surface area contributed by atoms with Crippen LogP contribution in [0.4, 0.5) is 5.69 Å². The number of rotatable bonds is 4. The van der Waals surface area contributed by atoms with E-state index < -0.39 is 15.8 Å². The monoisotopic (exact) mass is 320 g/mol. The Kier molecular flexibility index (Phi) is 3.38. The van der Waals surface area contributed by atoms with Crippen molar-refractivity contribution < 1.29 is 17.6 Å². The third-order valence-corrected chi connectivity index (χ3v) is 4.40. The van der Waals surface area contributed by atoms with E-state index in [2.05, 4.69) is 9.71 Å². The SMILES string of the molecule is COc1cccc(NS(=O)(=O)c2ccc3[nH]c(=O)oc3c2)c1. The van der Waals surface area contributed by atoms with Gasteiger partial charge in [-0.25, -0.2) is 13.2 Å². The number of sulfonamides is 1. The van der Waals surface area contributed by atoms with Crippen LogP contribution < -0.4 is 15.2 Å². The van der Waals surface area contributed by atoms with E-state index in [1.807, 2.05) is 0 Å². The van der Waals surface area contributed by atoms with Gasteiger partial charge in [0, 0.05) is 12.1 Å². The lowest BCUT2D eigenvalue weighted by Crippen LogP contribution is -2.12. The zero-order valence-electron chi connectivity index (χ0n) is 11.5. The number of benzene rings is 2. The minimum absolute atomic E-state index is 0.00873. The molecule has 114 valence electrons. The Labute approximate surface area is 125 Å². The van der Waals surface area contributed by atoms with E-state index in [0.29, 0.717) is 17.0 Å². The molecular weight excluding hydrogens is 308 g/mol. The highest BCUT2D eigenvalue weighted by atomic mass is 32.2. The van der Waals surface area contributed by atoms with Crippen molar-refractivity contribution in [1.82, 2.24) is 4.98 Å². The number of hydrogen-bond acceptors (Lipinski definition) is 5. The summed E-state index contributed by atoms with van der Waals surface area (Å²) in [6.07, 6.45) is 0. The topological polar surface area (TPSA) is 101 Å². The maximum absolute atomic E-state index is 12.4. The lowest BCUT2D eigenvalue weighted by molar-refractivity contribution is 0.415. The normalized spacial score (nSPS) is 11.5. The van der Waals surface area contributed by atoms with Gasteiger partial charge in [0.05, 0.1) is 23.2 Å². The summed E-state index contributed by atoms with van der Waals surface area (Å²) in [6, 6.07) is 10.7. The summed E-state index contributed by atoms with van der Waals surface area (Å²) >= 11 is 0. The van der Waals surface area contributed by atoms with Crippen molar-refractivity contribution in [2.75, 3.05) is 11.8 Å². The summed E-state index contributed by atoms with van der Waals surface area (Å²) in [6.45, 7) is 0. The molecule has 2 N–H and O–H groups in total. The number of aromatic amines is 1. The van der Waals surface area contributed by atoms with Gasteiger partial charge in [0.25, 0.3) is 10.0 Å². The predicted octanol–water partition coefficient (Wildman–Crippen LogP) is 1.93. The Morgan fingerprint density at radius 3 is 2.77 bits per heavy atom. The second-order valence-electron chi connectivity index (χ2n) is 4.51. The number of aromatic nitrogens is 1. The smallest absolute Gasteiger partial charge is 0.417 e. The molecule has 0 aliphatic carbocycles. The lowest BCUT2D eigenvalue weighted by atomic mass is 10.3. The van der Waals surface area contributed by atoms with Crippen LogP contribution in [0.25, 0.3) is 11.1 Å². The Balaban J connectivity index is 1.98. The van der Waals surface area contributed by atoms with E-state index in [0.717, 1.165) is 0 Å². The summed E-state index contributed by atoms with van der Waals surface area (Å²) in [4.78, 5) is 13.5. The van der Waals surface area contributed by atoms with Gasteiger partial charge >= 0.3 is 5.76 Å². The Bertz CT molecular complexity index is 988. The van der Waals surface area contributed by atoms with Gasteiger partial charge in [-0.05, 0) is 24.3 Å². The molecule has 2 aromatic carbocycles. The van der Waals surface area contributed by atoms with E-state index in [4.69, 9.17) is 9.15 Å². The van der Waals surface area contributed by atoms with Crippen LogP contribution in [0.15, 0.2) is 56.6 Å². The highest BCUT2D eigenvalue weighted by molar-refractivity contribution is 7.92. The van der Waals surface area contributed by atoms with Crippen LogP contribution in [0, 0.1) is 0 Å². The van der Waals surface area contributed by atoms with Crippen LogP contribution in [0.3, 0.4) is 0 Å². The average molecular weight is 320 g/mol. The first kappa shape index (κ1) is 14.2. The number of fused-ring (bicyclic) bond motifs is 1. The van der Waals surface area contributed by atoms with E-state index in [1.165, 1.54) is 25.3 Å². The van der Waals surface area contributed by atoms with Crippen molar-refractivity contribution in [2.45, 2.75) is 4.90 Å². The predicted molar refractivity (Wildman–Crippen MR) is 80.6 cm³/mol. The van der Waals surface area contributed by atoms with Crippen LogP contribution in [-0.2, 0) is 10.0 Å². The molecule has 0 amide bonds. The van der Waals surface area contributed by atoms with Crippen molar-refractivity contribution in [3.8, 4) is 5.75 Å². The molecule has 0 aliphatic heterocycles. The van der Waals surface area contributed by atoms with Crippen molar-refractivity contribution in [1.29, 1.82) is 0 Å².